The van der Waals surface area contributed by atoms with E-state index in [4.69, 9.17) is 0 Å². The molecule has 0 bridgehead atoms. The fourth-order valence-corrected chi connectivity index (χ4v) is 3.36. The first-order chi connectivity index (χ1) is 12.1. The largest absolute Gasteiger partial charge is 0.291 e. The predicted molar refractivity (Wildman–Crippen MR) is 94.5 cm³/mol. The summed E-state index contributed by atoms with van der Waals surface area (Å²) in [5, 5.41) is 15.4. The lowest BCUT2D eigenvalue weighted by atomic mass is 10.2. The van der Waals surface area contributed by atoms with Crippen molar-refractivity contribution < 1.29 is 4.92 Å². The number of nitro groups is 1. The molecule has 0 fully saturated rings. The van der Waals surface area contributed by atoms with Crippen LogP contribution in [0.1, 0.15) is 5.56 Å². The standard InChI is InChI=1S/C17H10N4O3S/c22-16-14(10-12-8-4-5-9-13(12)21(23)24)25-17-18-15(19-20(16)17)11-6-2-1-3-7-11/h1-10H/b14-10-. The lowest BCUT2D eigenvalue weighted by molar-refractivity contribution is -0.385. The fraction of sp³-hybridized carbons (Fsp3) is 0. The van der Waals surface area contributed by atoms with Crippen LogP contribution in [-0.2, 0) is 0 Å². The van der Waals surface area contributed by atoms with Gasteiger partial charge in [0.05, 0.1) is 15.0 Å². The normalized spacial score (nSPS) is 11.9. The SMILES string of the molecule is O=c1/c(=C/c2ccccc2[N+](=O)[O-])sc2nc(-c3ccccc3)nn12. The van der Waals surface area contributed by atoms with Crippen molar-refractivity contribution in [3.8, 4) is 11.4 Å². The monoisotopic (exact) mass is 350 g/mol. The van der Waals surface area contributed by atoms with Crippen molar-refractivity contribution >= 4 is 28.1 Å². The first-order valence-corrected chi connectivity index (χ1v) is 8.15. The molecule has 0 spiro atoms. The highest BCUT2D eigenvalue weighted by atomic mass is 32.1. The van der Waals surface area contributed by atoms with E-state index in [9.17, 15) is 14.9 Å². The third kappa shape index (κ3) is 2.68. The number of rotatable bonds is 3. The second-order valence-electron chi connectivity index (χ2n) is 5.23. The highest BCUT2D eigenvalue weighted by Gasteiger charge is 2.14. The van der Waals surface area contributed by atoms with Crippen LogP contribution in [0.15, 0.2) is 59.4 Å². The van der Waals surface area contributed by atoms with Gasteiger partial charge in [0.2, 0.25) is 4.96 Å². The molecule has 122 valence electrons. The van der Waals surface area contributed by atoms with E-state index in [1.807, 2.05) is 30.3 Å². The van der Waals surface area contributed by atoms with Gasteiger partial charge < -0.3 is 0 Å². The number of aromatic nitrogens is 3. The fourth-order valence-electron chi connectivity index (χ4n) is 2.46. The van der Waals surface area contributed by atoms with Gasteiger partial charge in [-0.3, -0.25) is 14.9 Å². The Kier molecular flexibility index (Phi) is 3.58. The number of hydrogen-bond acceptors (Lipinski definition) is 6. The first-order valence-electron chi connectivity index (χ1n) is 7.33. The Morgan fingerprint density at radius 1 is 1.08 bits per heavy atom. The Balaban J connectivity index is 1.86. The molecule has 0 aliphatic heterocycles. The highest BCUT2D eigenvalue weighted by Crippen LogP contribution is 2.19. The number of para-hydroxylation sites is 1. The molecule has 0 unspecified atom stereocenters. The molecule has 2 aromatic carbocycles. The third-order valence-corrected chi connectivity index (χ3v) is 4.59. The van der Waals surface area contributed by atoms with Gasteiger partial charge in [-0.15, -0.1) is 5.10 Å². The predicted octanol–water partition coefficient (Wildman–Crippen LogP) is 2.27. The van der Waals surface area contributed by atoms with Crippen LogP contribution in [-0.4, -0.2) is 19.5 Å². The summed E-state index contributed by atoms with van der Waals surface area (Å²) in [4.78, 5) is 28.0. The van der Waals surface area contributed by atoms with Crippen molar-refractivity contribution in [1.29, 1.82) is 0 Å². The molecular formula is C17H10N4O3S. The summed E-state index contributed by atoms with van der Waals surface area (Å²) < 4.78 is 1.58. The maximum Gasteiger partial charge on any atom is 0.291 e. The van der Waals surface area contributed by atoms with Gasteiger partial charge in [0, 0.05) is 11.6 Å². The Morgan fingerprint density at radius 2 is 1.80 bits per heavy atom. The number of fused-ring (bicyclic) bond motifs is 1. The Hall–Kier alpha value is -3.39. The van der Waals surface area contributed by atoms with Gasteiger partial charge in [0.1, 0.15) is 0 Å². The molecule has 0 radical (unpaired) electrons. The van der Waals surface area contributed by atoms with Crippen LogP contribution in [0.4, 0.5) is 5.69 Å². The van der Waals surface area contributed by atoms with Crippen molar-refractivity contribution in [3.63, 3.8) is 0 Å². The minimum Gasteiger partial charge on any atom is -0.266 e. The lowest BCUT2D eigenvalue weighted by Crippen LogP contribution is -2.23. The summed E-state index contributed by atoms with van der Waals surface area (Å²) >= 11 is 1.15. The van der Waals surface area contributed by atoms with E-state index in [1.54, 1.807) is 18.2 Å². The maximum atomic E-state index is 12.5. The average Bonchev–Trinajstić information content (AvgIpc) is 3.16. The Labute approximate surface area is 144 Å². The van der Waals surface area contributed by atoms with Crippen LogP contribution in [0.2, 0.25) is 0 Å². The van der Waals surface area contributed by atoms with Gasteiger partial charge in [-0.2, -0.15) is 9.50 Å². The third-order valence-electron chi connectivity index (χ3n) is 3.63. The molecule has 8 heteroatoms. The molecule has 0 aliphatic carbocycles. The van der Waals surface area contributed by atoms with E-state index in [0.717, 1.165) is 16.9 Å². The number of thiazole rings is 1. The molecule has 0 amide bonds. The van der Waals surface area contributed by atoms with Crippen LogP contribution in [0.5, 0.6) is 0 Å². The van der Waals surface area contributed by atoms with Gasteiger partial charge in [0.25, 0.3) is 11.2 Å². The number of benzene rings is 2. The molecule has 0 saturated heterocycles. The lowest BCUT2D eigenvalue weighted by Gasteiger charge is -1.94. The van der Waals surface area contributed by atoms with E-state index in [1.165, 1.54) is 16.7 Å². The number of hydrogen-bond donors (Lipinski definition) is 0. The van der Waals surface area contributed by atoms with Gasteiger partial charge in [-0.1, -0.05) is 53.8 Å². The van der Waals surface area contributed by atoms with E-state index in [-0.39, 0.29) is 11.2 Å². The zero-order chi connectivity index (χ0) is 17.4. The molecule has 7 nitrogen and oxygen atoms in total. The van der Waals surface area contributed by atoms with E-state index >= 15 is 0 Å². The molecule has 2 aromatic heterocycles. The maximum absolute atomic E-state index is 12.5. The van der Waals surface area contributed by atoms with Crippen molar-refractivity contribution in [3.05, 3.63) is 85.2 Å². The summed E-state index contributed by atoms with van der Waals surface area (Å²) in [5.74, 6) is 0.473. The Morgan fingerprint density at radius 3 is 2.52 bits per heavy atom. The average molecular weight is 350 g/mol. The molecule has 4 aromatic rings. The van der Waals surface area contributed by atoms with Crippen molar-refractivity contribution in [2.75, 3.05) is 0 Å². The van der Waals surface area contributed by atoms with Crippen LogP contribution in [0.25, 0.3) is 22.4 Å². The quantitative estimate of drug-likeness (QED) is 0.418. The zero-order valence-corrected chi connectivity index (χ0v) is 13.5. The Bertz CT molecular complexity index is 1200. The zero-order valence-electron chi connectivity index (χ0n) is 12.7. The van der Waals surface area contributed by atoms with E-state index in [2.05, 4.69) is 10.1 Å². The molecule has 0 aliphatic rings. The van der Waals surface area contributed by atoms with Crippen molar-refractivity contribution in [1.82, 2.24) is 14.6 Å². The van der Waals surface area contributed by atoms with Crippen LogP contribution in [0, 0.1) is 10.1 Å². The molecule has 2 heterocycles. The second kappa shape index (κ2) is 5.91. The number of nitro benzene ring substituents is 1. The summed E-state index contributed by atoms with van der Waals surface area (Å²) in [6.45, 7) is 0. The van der Waals surface area contributed by atoms with E-state index < -0.39 is 4.92 Å². The van der Waals surface area contributed by atoms with Crippen LogP contribution >= 0.6 is 11.3 Å². The molecule has 25 heavy (non-hydrogen) atoms. The summed E-state index contributed by atoms with van der Waals surface area (Å²) in [6.07, 6.45) is 1.50. The van der Waals surface area contributed by atoms with E-state index in [0.29, 0.717) is 20.9 Å². The summed E-state index contributed by atoms with van der Waals surface area (Å²) in [7, 11) is 0. The van der Waals surface area contributed by atoms with Gasteiger partial charge >= 0.3 is 0 Å². The summed E-state index contributed by atoms with van der Waals surface area (Å²) in [6, 6.07) is 15.6. The van der Waals surface area contributed by atoms with Gasteiger partial charge in [-0.25, -0.2) is 0 Å². The smallest absolute Gasteiger partial charge is 0.266 e. The molecule has 4 rings (SSSR count). The van der Waals surface area contributed by atoms with Crippen molar-refractivity contribution in [2.45, 2.75) is 0 Å². The molecule has 0 saturated carbocycles. The minimum absolute atomic E-state index is 0.0501. The number of nitrogens with zero attached hydrogens (tertiary/aromatic N) is 4. The molecule has 0 N–H and O–H groups in total. The highest BCUT2D eigenvalue weighted by molar-refractivity contribution is 7.15. The topological polar surface area (TPSA) is 90.4 Å². The molecule has 0 atom stereocenters. The van der Waals surface area contributed by atoms with Crippen LogP contribution in [0.3, 0.4) is 0 Å². The molecular weight excluding hydrogens is 340 g/mol. The summed E-state index contributed by atoms with van der Waals surface area (Å²) in [5.41, 5.74) is 0.804. The second-order valence-corrected chi connectivity index (χ2v) is 6.24. The van der Waals surface area contributed by atoms with Gasteiger partial charge in [0.15, 0.2) is 5.82 Å². The first kappa shape index (κ1) is 15.2. The minimum atomic E-state index is -0.471. The van der Waals surface area contributed by atoms with Gasteiger partial charge in [-0.05, 0) is 12.1 Å². The van der Waals surface area contributed by atoms with Crippen LogP contribution < -0.4 is 10.1 Å². The van der Waals surface area contributed by atoms with Crippen molar-refractivity contribution in [2.24, 2.45) is 0 Å².